The normalized spacial score (nSPS) is 18.0. The molecule has 3 aromatic rings. The molecule has 2 aromatic heterocycles. The number of pyridine rings is 1. The van der Waals surface area contributed by atoms with Crippen LogP contribution in [0.2, 0.25) is 0 Å². The molecule has 1 aliphatic carbocycles. The maximum atomic E-state index is 12.1. The topological polar surface area (TPSA) is 135 Å². The van der Waals surface area contributed by atoms with Gasteiger partial charge in [-0.3, -0.25) is 14.2 Å². The van der Waals surface area contributed by atoms with Crippen LogP contribution in [0.3, 0.4) is 0 Å². The molecule has 0 saturated heterocycles. The largest absolute Gasteiger partial charge is 0.393 e. The number of amides is 1. The summed E-state index contributed by atoms with van der Waals surface area (Å²) in [5, 5.41) is 16.3. The van der Waals surface area contributed by atoms with Crippen LogP contribution in [0.4, 0.5) is 17.3 Å². The van der Waals surface area contributed by atoms with E-state index in [1.165, 1.54) is 10.6 Å². The molecule has 0 radical (unpaired) electrons. The van der Waals surface area contributed by atoms with Crippen molar-refractivity contribution in [2.24, 2.45) is 5.73 Å². The summed E-state index contributed by atoms with van der Waals surface area (Å²) in [7, 11) is 0. The number of nitrogens with zero attached hydrogens (tertiary/aromatic N) is 3. The van der Waals surface area contributed by atoms with Crippen LogP contribution < -0.4 is 21.9 Å². The molecule has 0 aliphatic heterocycles. The summed E-state index contributed by atoms with van der Waals surface area (Å²) in [4.78, 5) is 33.3. The van der Waals surface area contributed by atoms with Crippen molar-refractivity contribution in [3.63, 3.8) is 0 Å². The van der Waals surface area contributed by atoms with Gasteiger partial charge in [-0.1, -0.05) is 13.0 Å². The summed E-state index contributed by atoms with van der Waals surface area (Å²) in [5.41, 5.74) is 7.60. The van der Waals surface area contributed by atoms with E-state index in [-0.39, 0.29) is 29.2 Å². The lowest BCUT2D eigenvalue weighted by Crippen LogP contribution is -2.29. The molecule has 5 N–H and O–H groups in total. The minimum absolute atomic E-state index is 0.0693. The molecule has 0 spiro atoms. The lowest BCUT2D eigenvalue weighted by molar-refractivity contribution is 0.0996. The first-order chi connectivity index (χ1) is 15.9. The first kappa shape index (κ1) is 22.5. The molecule has 9 heteroatoms. The number of benzene rings is 1. The summed E-state index contributed by atoms with van der Waals surface area (Å²) in [6.45, 7) is 1.95. The zero-order valence-corrected chi connectivity index (χ0v) is 18.5. The Hall–Kier alpha value is -3.72. The van der Waals surface area contributed by atoms with E-state index in [4.69, 9.17) is 5.73 Å². The van der Waals surface area contributed by atoms with Crippen LogP contribution in [0.15, 0.2) is 53.5 Å². The first-order valence-electron chi connectivity index (χ1n) is 11.1. The van der Waals surface area contributed by atoms with Crippen molar-refractivity contribution in [1.82, 2.24) is 14.5 Å². The Morgan fingerprint density at radius 3 is 2.45 bits per heavy atom. The highest BCUT2D eigenvalue weighted by Gasteiger charge is 2.23. The van der Waals surface area contributed by atoms with E-state index >= 15 is 0 Å². The maximum Gasteiger partial charge on any atom is 0.271 e. The predicted octanol–water partition coefficient (Wildman–Crippen LogP) is 2.75. The van der Waals surface area contributed by atoms with Crippen LogP contribution in [-0.2, 0) is 6.42 Å². The Morgan fingerprint density at radius 2 is 1.82 bits per heavy atom. The minimum Gasteiger partial charge on any atom is -0.393 e. The molecule has 0 bridgehead atoms. The second-order valence-corrected chi connectivity index (χ2v) is 8.16. The quantitative estimate of drug-likeness (QED) is 0.436. The molecule has 9 nitrogen and oxygen atoms in total. The second kappa shape index (κ2) is 9.83. The summed E-state index contributed by atoms with van der Waals surface area (Å²) in [6.07, 6.45) is 5.21. The molecular formula is C24H28N6O3. The minimum atomic E-state index is -0.667. The van der Waals surface area contributed by atoms with Gasteiger partial charge in [-0.25, -0.2) is 9.97 Å². The standard InChI is InChI=1S/C24H28N6O3/c1-2-19-23(26-16-8-12-18(31)13-9-16)29-24(21(28-19)22(25)33)27-15-6-10-17(11-7-15)30-14-4-3-5-20(30)32/h3-7,10-11,14,16,18,31H,2,8-9,12-13H2,1H3,(H2,25,33)(H2,26,27,29)/t16-,18-. The monoisotopic (exact) mass is 448 g/mol. The highest BCUT2D eigenvalue weighted by Crippen LogP contribution is 2.26. The van der Waals surface area contributed by atoms with Gasteiger partial charge in [0.15, 0.2) is 11.5 Å². The van der Waals surface area contributed by atoms with E-state index in [2.05, 4.69) is 20.6 Å². The predicted molar refractivity (Wildman–Crippen MR) is 127 cm³/mol. The Balaban J connectivity index is 1.61. The summed E-state index contributed by atoms with van der Waals surface area (Å²) >= 11 is 0. The molecule has 1 fully saturated rings. The highest BCUT2D eigenvalue weighted by molar-refractivity contribution is 5.96. The van der Waals surface area contributed by atoms with Crippen molar-refractivity contribution in [2.45, 2.75) is 51.2 Å². The molecule has 33 heavy (non-hydrogen) atoms. The van der Waals surface area contributed by atoms with Crippen molar-refractivity contribution in [1.29, 1.82) is 0 Å². The first-order valence-corrected chi connectivity index (χ1v) is 11.1. The van der Waals surface area contributed by atoms with Gasteiger partial charge < -0.3 is 21.5 Å². The Kier molecular flexibility index (Phi) is 6.69. The van der Waals surface area contributed by atoms with Crippen LogP contribution in [0.25, 0.3) is 5.69 Å². The van der Waals surface area contributed by atoms with Gasteiger partial charge in [0.2, 0.25) is 0 Å². The summed E-state index contributed by atoms with van der Waals surface area (Å²) in [6, 6.07) is 12.4. The number of nitrogens with one attached hydrogen (secondary N) is 2. The van der Waals surface area contributed by atoms with E-state index in [1.54, 1.807) is 42.6 Å². The molecule has 2 heterocycles. The molecule has 1 aliphatic rings. The van der Waals surface area contributed by atoms with Crippen LogP contribution in [0.5, 0.6) is 0 Å². The van der Waals surface area contributed by atoms with Crippen LogP contribution >= 0.6 is 0 Å². The van der Waals surface area contributed by atoms with Crippen molar-refractivity contribution in [2.75, 3.05) is 10.6 Å². The van der Waals surface area contributed by atoms with Gasteiger partial charge in [0.1, 0.15) is 5.82 Å². The Morgan fingerprint density at radius 1 is 1.09 bits per heavy atom. The van der Waals surface area contributed by atoms with Crippen molar-refractivity contribution in [3.8, 4) is 5.69 Å². The number of carbonyl (C=O) groups is 1. The van der Waals surface area contributed by atoms with E-state index in [0.29, 0.717) is 23.6 Å². The number of hydrogen-bond acceptors (Lipinski definition) is 7. The zero-order chi connectivity index (χ0) is 23.4. The third-order valence-corrected chi connectivity index (χ3v) is 5.80. The summed E-state index contributed by atoms with van der Waals surface area (Å²) < 4.78 is 1.54. The number of aliphatic hydroxyl groups is 1. The van der Waals surface area contributed by atoms with Crippen LogP contribution in [0.1, 0.15) is 48.8 Å². The molecule has 1 amide bonds. The number of hydrogen-bond donors (Lipinski definition) is 4. The fourth-order valence-electron chi connectivity index (χ4n) is 3.99. The van der Waals surface area contributed by atoms with E-state index < -0.39 is 5.91 Å². The lowest BCUT2D eigenvalue weighted by atomic mass is 9.93. The van der Waals surface area contributed by atoms with Crippen molar-refractivity contribution < 1.29 is 9.90 Å². The number of carbonyl (C=O) groups excluding carboxylic acids is 1. The average Bonchev–Trinajstić information content (AvgIpc) is 2.81. The fourth-order valence-corrected chi connectivity index (χ4v) is 3.99. The SMILES string of the molecule is CCc1nc(C(N)=O)c(Nc2ccc(-n3ccccc3=O)cc2)nc1N[C@H]1CC[C@H](O)CC1. The Labute approximate surface area is 191 Å². The fraction of sp³-hybridized carbons (Fsp3) is 0.333. The van der Waals surface area contributed by atoms with Crippen molar-refractivity contribution >= 4 is 23.2 Å². The number of aromatic nitrogens is 3. The van der Waals surface area contributed by atoms with Gasteiger partial charge in [-0.15, -0.1) is 0 Å². The molecule has 1 saturated carbocycles. The van der Waals surface area contributed by atoms with E-state index in [0.717, 1.165) is 31.4 Å². The van der Waals surface area contributed by atoms with Gasteiger partial charge in [0.25, 0.3) is 11.5 Å². The van der Waals surface area contributed by atoms with Gasteiger partial charge in [-0.2, -0.15) is 0 Å². The van der Waals surface area contributed by atoms with Crippen LogP contribution in [-0.4, -0.2) is 37.7 Å². The number of nitrogens with two attached hydrogens (primary N) is 1. The van der Waals surface area contributed by atoms with E-state index in [1.807, 2.05) is 6.92 Å². The molecule has 4 rings (SSSR count). The second-order valence-electron chi connectivity index (χ2n) is 8.16. The molecule has 0 atom stereocenters. The smallest absolute Gasteiger partial charge is 0.271 e. The van der Waals surface area contributed by atoms with Gasteiger partial charge in [0, 0.05) is 29.7 Å². The molecular weight excluding hydrogens is 420 g/mol. The number of anilines is 3. The number of primary amides is 1. The number of rotatable bonds is 7. The highest BCUT2D eigenvalue weighted by atomic mass is 16.3. The molecule has 1 aromatic carbocycles. The Bertz CT molecular complexity index is 1180. The number of aryl methyl sites for hydroxylation is 1. The summed E-state index contributed by atoms with van der Waals surface area (Å²) in [5.74, 6) is 0.209. The third kappa shape index (κ3) is 5.20. The zero-order valence-electron chi connectivity index (χ0n) is 18.5. The third-order valence-electron chi connectivity index (χ3n) is 5.80. The van der Waals surface area contributed by atoms with E-state index in [9.17, 15) is 14.7 Å². The lowest BCUT2D eigenvalue weighted by Gasteiger charge is -2.27. The molecule has 172 valence electrons. The molecule has 0 unspecified atom stereocenters. The maximum absolute atomic E-state index is 12.1. The van der Waals surface area contributed by atoms with Gasteiger partial charge in [-0.05, 0) is 62.4 Å². The van der Waals surface area contributed by atoms with Crippen LogP contribution in [0, 0.1) is 0 Å². The van der Waals surface area contributed by atoms with Gasteiger partial charge >= 0.3 is 0 Å². The average molecular weight is 449 g/mol. The van der Waals surface area contributed by atoms with Gasteiger partial charge in [0.05, 0.1) is 11.8 Å². The van der Waals surface area contributed by atoms with Crippen molar-refractivity contribution in [3.05, 3.63) is 70.4 Å². The number of aliphatic hydroxyl groups excluding tert-OH is 1.